The van der Waals surface area contributed by atoms with Gasteiger partial charge in [-0.2, -0.15) is 0 Å². The number of anilines is 1. The molecule has 1 unspecified atom stereocenters. The molecule has 0 bridgehead atoms. The Morgan fingerprint density at radius 3 is 2.33 bits per heavy atom. The number of hydrogen-bond donors (Lipinski definition) is 2. The molecule has 2 aromatic carbocycles. The van der Waals surface area contributed by atoms with Crippen molar-refractivity contribution in [3.05, 3.63) is 66.2 Å². The maximum absolute atomic E-state index is 12.7. The fourth-order valence-corrected chi connectivity index (χ4v) is 4.55. The van der Waals surface area contributed by atoms with Crippen LogP contribution in [0.2, 0.25) is 0 Å². The maximum atomic E-state index is 12.7. The SMILES string of the molecule is CC(Sc1nnc(N2CCCCC2)n1-c1ccccc1)C(=O)NC(=O)NCc1ccccc1. The van der Waals surface area contributed by atoms with Gasteiger partial charge in [0.1, 0.15) is 0 Å². The molecule has 1 atom stereocenters. The molecule has 2 N–H and O–H groups in total. The number of nitrogens with one attached hydrogen (secondary N) is 2. The second kappa shape index (κ2) is 11.0. The zero-order valence-electron chi connectivity index (χ0n) is 18.6. The highest BCUT2D eigenvalue weighted by Gasteiger charge is 2.25. The molecule has 1 aliphatic heterocycles. The molecule has 1 aliphatic rings. The van der Waals surface area contributed by atoms with Crippen molar-refractivity contribution in [3.63, 3.8) is 0 Å². The lowest BCUT2D eigenvalue weighted by molar-refractivity contribution is -0.119. The molecule has 4 rings (SSSR count). The number of piperidine rings is 1. The lowest BCUT2D eigenvalue weighted by Crippen LogP contribution is -2.42. The van der Waals surface area contributed by atoms with Crippen molar-refractivity contribution in [2.75, 3.05) is 18.0 Å². The van der Waals surface area contributed by atoms with Crippen molar-refractivity contribution in [2.45, 2.75) is 43.1 Å². The number of carbonyl (C=O) groups is 2. The number of benzene rings is 2. The van der Waals surface area contributed by atoms with Gasteiger partial charge in [0.25, 0.3) is 0 Å². The lowest BCUT2D eigenvalue weighted by atomic mass is 10.1. The van der Waals surface area contributed by atoms with Crippen LogP contribution in [0.15, 0.2) is 65.8 Å². The molecule has 0 spiro atoms. The first-order valence-corrected chi connectivity index (χ1v) is 12.0. The molecule has 0 saturated carbocycles. The Morgan fingerprint density at radius 1 is 0.970 bits per heavy atom. The van der Waals surface area contributed by atoms with Crippen molar-refractivity contribution in [3.8, 4) is 5.69 Å². The molecule has 172 valence electrons. The minimum atomic E-state index is -0.534. The summed E-state index contributed by atoms with van der Waals surface area (Å²) in [5, 5.41) is 14.1. The van der Waals surface area contributed by atoms with Gasteiger partial charge in [-0.1, -0.05) is 60.3 Å². The number of thioether (sulfide) groups is 1. The summed E-state index contributed by atoms with van der Waals surface area (Å²) in [5.74, 6) is 0.407. The summed E-state index contributed by atoms with van der Waals surface area (Å²) in [6, 6.07) is 18.9. The molecule has 3 amide bonds. The highest BCUT2D eigenvalue weighted by Crippen LogP contribution is 2.30. The fourth-order valence-electron chi connectivity index (χ4n) is 3.69. The molecule has 9 heteroatoms. The van der Waals surface area contributed by atoms with E-state index in [1.165, 1.54) is 18.2 Å². The average molecular weight is 465 g/mol. The molecule has 33 heavy (non-hydrogen) atoms. The standard InChI is InChI=1S/C24H28N6O2S/c1-18(21(31)26-22(32)25-17-19-11-5-2-6-12-19)33-24-28-27-23(29-15-9-4-10-16-29)30(24)20-13-7-3-8-14-20/h2-3,5-8,11-14,18H,4,9-10,15-17H2,1H3,(H2,25,26,31,32). The molecular weight excluding hydrogens is 436 g/mol. The first kappa shape index (κ1) is 22.8. The quantitative estimate of drug-likeness (QED) is 0.517. The van der Waals surface area contributed by atoms with Crippen LogP contribution in [0.5, 0.6) is 0 Å². The Kier molecular flexibility index (Phi) is 7.62. The van der Waals surface area contributed by atoms with Crippen LogP contribution >= 0.6 is 11.8 Å². The third kappa shape index (κ3) is 5.92. The highest BCUT2D eigenvalue weighted by molar-refractivity contribution is 8.00. The zero-order chi connectivity index (χ0) is 23.0. The number of rotatable bonds is 7. The average Bonchev–Trinajstić information content (AvgIpc) is 3.28. The molecule has 1 saturated heterocycles. The van der Waals surface area contributed by atoms with Crippen LogP contribution in [0.3, 0.4) is 0 Å². The van der Waals surface area contributed by atoms with Crippen molar-refractivity contribution in [1.82, 2.24) is 25.4 Å². The summed E-state index contributed by atoms with van der Waals surface area (Å²) < 4.78 is 2.00. The van der Waals surface area contributed by atoms with Crippen molar-refractivity contribution in [1.29, 1.82) is 0 Å². The Bertz CT molecular complexity index is 1070. The maximum Gasteiger partial charge on any atom is 0.321 e. The normalized spacial score (nSPS) is 14.5. The number of hydrogen-bond acceptors (Lipinski definition) is 6. The summed E-state index contributed by atoms with van der Waals surface area (Å²) in [7, 11) is 0. The first-order valence-electron chi connectivity index (χ1n) is 11.2. The van der Waals surface area contributed by atoms with Crippen molar-refractivity contribution < 1.29 is 9.59 Å². The van der Waals surface area contributed by atoms with Gasteiger partial charge >= 0.3 is 6.03 Å². The summed E-state index contributed by atoms with van der Waals surface area (Å²) in [5.41, 5.74) is 1.91. The molecule has 1 aromatic heterocycles. The monoisotopic (exact) mass is 464 g/mol. The third-order valence-electron chi connectivity index (χ3n) is 5.45. The molecular formula is C24H28N6O2S. The van der Waals surface area contributed by atoms with Crippen LogP contribution in [-0.4, -0.2) is 45.0 Å². The molecule has 0 radical (unpaired) electrons. The zero-order valence-corrected chi connectivity index (χ0v) is 19.4. The smallest absolute Gasteiger partial charge is 0.321 e. The lowest BCUT2D eigenvalue weighted by Gasteiger charge is -2.28. The molecule has 1 fully saturated rings. The Labute approximate surface area is 197 Å². The number of urea groups is 1. The Hall–Kier alpha value is -3.33. The molecule has 8 nitrogen and oxygen atoms in total. The fraction of sp³-hybridized carbons (Fsp3) is 0.333. The van der Waals surface area contributed by atoms with Gasteiger partial charge in [-0.3, -0.25) is 14.7 Å². The van der Waals surface area contributed by atoms with E-state index >= 15 is 0 Å². The van der Waals surface area contributed by atoms with Gasteiger partial charge in [0.2, 0.25) is 11.9 Å². The minimum absolute atomic E-state index is 0.350. The number of nitrogens with zero attached hydrogens (tertiary/aromatic N) is 4. The van der Waals surface area contributed by atoms with Gasteiger partial charge in [-0.05, 0) is 43.9 Å². The number of amides is 3. The van der Waals surface area contributed by atoms with Gasteiger partial charge in [-0.15, -0.1) is 10.2 Å². The van der Waals surface area contributed by atoms with Gasteiger partial charge < -0.3 is 10.2 Å². The topological polar surface area (TPSA) is 92.2 Å². The van der Waals surface area contributed by atoms with Gasteiger partial charge in [0.05, 0.1) is 10.9 Å². The number of carbonyl (C=O) groups excluding carboxylic acids is 2. The van der Waals surface area contributed by atoms with Crippen LogP contribution in [0.25, 0.3) is 5.69 Å². The molecule has 3 aromatic rings. The van der Waals surface area contributed by atoms with E-state index in [-0.39, 0.29) is 5.91 Å². The van der Waals surface area contributed by atoms with E-state index in [9.17, 15) is 9.59 Å². The van der Waals surface area contributed by atoms with E-state index in [1.807, 2.05) is 65.2 Å². The van der Waals surface area contributed by atoms with Crippen LogP contribution in [-0.2, 0) is 11.3 Å². The van der Waals surface area contributed by atoms with E-state index in [4.69, 9.17) is 0 Å². The Morgan fingerprint density at radius 2 is 1.64 bits per heavy atom. The number of aromatic nitrogens is 3. The van der Waals surface area contributed by atoms with E-state index in [0.717, 1.165) is 43.1 Å². The largest absolute Gasteiger partial charge is 0.341 e. The van der Waals surface area contributed by atoms with Gasteiger partial charge in [0, 0.05) is 19.6 Å². The van der Waals surface area contributed by atoms with Crippen LogP contribution in [0, 0.1) is 0 Å². The van der Waals surface area contributed by atoms with E-state index in [0.29, 0.717) is 11.7 Å². The van der Waals surface area contributed by atoms with Crippen LogP contribution in [0.1, 0.15) is 31.7 Å². The summed E-state index contributed by atoms with van der Waals surface area (Å²) in [6.07, 6.45) is 3.48. The summed E-state index contributed by atoms with van der Waals surface area (Å²) in [6.45, 7) is 3.98. The first-order chi connectivity index (χ1) is 16.1. The van der Waals surface area contributed by atoms with Crippen molar-refractivity contribution in [2.24, 2.45) is 0 Å². The third-order valence-corrected chi connectivity index (χ3v) is 6.50. The van der Waals surface area contributed by atoms with Gasteiger partial charge in [-0.25, -0.2) is 4.79 Å². The second-order valence-corrected chi connectivity index (χ2v) is 9.23. The van der Waals surface area contributed by atoms with E-state index < -0.39 is 11.3 Å². The molecule has 2 heterocycles. The minimum Gasteiger partial charge on any atom is -0.341 e. The van der Waals surface area contributed by atoms with Crippen LogP contribution in [0.4, 0.5) is 10.7 Å². The van der Waals surface area contributed by atoms with E-state index in [1.54, 1.807) is 6.92 Å². The molecule has 0 aliphatic carbocycles. The second-order valence-electron chi connectivity index (χ2n) is 7.92. The summed E-state index contributed by atoms with van der Waals surface area (Å²) >= 11 is 1.29. The van der Waals surface area contributed by atoms with E-state index in [2.05, 4.69) is 25.7 Å². The number of imide groups is 1. The van der Waals surface area contributed by atoms with Gasteiger partial charge in [0.15, 0.2) is 5.16 Å². The predicted octanol–water partition coefficient (Wildman–Crippen LogP) is 3.76. The highest BCUT2D eigenvalue weighted by atomic mass is 32.2. The predicted molar refractivity (Wildman–Crippen MR) is 130 cm³/mol. The summed E-state index contributed by atoms with van der Waals surface area (Å²) in [4.78, 5) is 27.1. The Balaban J connectivity index is 1.43. The van der Waals surface area contributed by atoms with Crippen LogP contribution < -0.4 is 15.5 Å². The van der Waals surface area contributed by atoms with Crippen molar-refractivity contribution >= 4 is 29.6 Å². The number of para-hydroxylation sites is 1.